The van der Waals surface area contributed by atoms with Crippen LogP contribution in [0.3, 0.4) is 0 Å². The number of sulfonamides is 1. The second-order valence-corrected chi connectivity index (χ2v) is 6.65. The molecule has 0 saturated carbocycles. The summed E-state index contributed by atoms with van der Waals surface area (Å²) in [5.74, 6) is -0.364. The molecule has 1 aliphatic heterocycles. The van der Waals surface area contributed by atoms with E-state index in [4.69, 9.17) is 0 Å². The SMILES string of the molecule is CC(=O)Nc1ccc(S(=O)(=O)N2CCNC(=O)CC2)cc1. The maximum atomic E-state index is 12.5. The minimum Gasteiger partial charge on any atom is -0.355 e. The Kier molecular flexibility index (Phi) is 4.59. The van der Waals surface area contributed by atoms with Crippen LogP contribution in [-0.2, 0) is 19.6 Å². The molecule has 0 radical (unpaired) electrons. The van der Waals surface area contributed by atoms with Gasteiger partial charge < -0.3 is 10.6 Å². The van der Waals surface area contributed by atoms with Crippen LogP contribution in [0, 0.1) is 0 Å². The van der Waals surface area contributed by atoms with Crippen molar-refractivity contribution in [2.75, 3.05) is 25.0 Å². The first kappa shape index (κ1) is 15.5. The largest absolute Gasteiger partial charge is 0.355 e. The Morgan fingerprint density at radius 2 is 1.90 bits per heavy atom. The van der Waals surface area contributed by atoms with E-state index in [0.717, 1.165) is 0 Å². The summed E-state index contributed by atoms with van der Waals surface area (Å²) < 4.78 is 26.2. The van der Waals surface area contributed by atoms with Gasteiger partial charge in [0.1, 0.15) is 0 Å². The molecular weight excluding hydrogens is 294 g/mol. The molecule has 114 valence electrons. The number of amides is 2. The summed E-state index contributed by atoms with van der Waals surface area (Å²) in [4.78, 5) is 22.3. The second kappa shape index (κ2) is 6.23. The lowest BCUT2D eigenvalue weighted by atomic mass is 10.3. The normalized spacial score (nSPS) is 16.9. The maximum Gasteiger partial charge on any atom is 0.243 e. The summed E-state index contributed by atoms with van der Waals surface area (Å²) in [6, 6.07) is 5.96. The van der Waals surface area contributed by atoms with Crippen molar-refractivity contribution in [2.24, 2.45) is 0 Å². The third-order valence-electron chi connectivity index (χ3n) is 3.08. The maximum absolute atomic E-state index is 12.5. The van der Waals surface area contributed by atoms with E-state index in [2.05, 4.69) is 10.6 Å². The molecule has 0 aromatic heterocycles. The topological polar surface area (TPSA) is 95.6 Å². The Balaban J connectivity index is 2.18. The van der Waals surface area contributed by atoms with Crippen molar-refractivity contribution < 1.29 is 18.0 Å². The van der Waals surface area contributed by atoms with E-state index in [-0.39, 0.29) is 36.2 Å². The highest BCUT2D eigenvalue weighted by Gasteiger charge is 2.26. The van der Waals surface area contributed by atoms with Gasteiger partial charge in [-0.25, -0.2) is 8.42 Å². The van der Waals surface area contributed by atoms with Gasteiger partial charge in [-0.2, -0.15) is 4.31 Å². The lowest BCUT2D eigenvalue weighted by molar-refractivity contribution is -0.120. The van der Waals surface area contributed by atoms with E-state index >= 15 is 0 Å². The molecule has 8 heteroatoms. The van der Waals surface area contributed by atoms with Crippen molar-refractivity contribution in [3.8, 4) is 0 Å². The van der Waals surface area contributed by atoms with Crippen LogP contribution in [0.5, 0.6) is 0 Å². The van der Waals surface area contributed by atoms with Gasteiger partial charge in [-0.3, -0.25) is 9.59 Å². The predicted molar refractivity (Wildman–Crippen MR) is 77.1 cm³/mol. The predicted octanol–water partition coefficient (Wildman–Crippen LogP) is 0.156. The van der Waals surface area contributed by atoms with Crippen molar-refractivity contribution in [1.29, 1.82) is 0 Å². The highest BCUT2D eigenvalue weighted by molar-refractivity contribution is 7.89. The third-order valence-corrected chi connectivity index (χ3v) is 5.00. The number of benzene rings is 1. The molecule has 1 heterocycles. The summed E-state index contributed by atoms with van der Waals surface area (Å²) in [6.07, 6.45) is 0.156. The summed E-state index contributed by atoms with van der Waals surface area (Å²) >= 11 is 0. The lowest BCUT2D eigenvalue weighted by Crippen LogP contribution is -2.34. The zero-order valence-electron chi connectivity index (χ0n) is 11.6. The van der Waals surface area contributed by atoms with E-state index < -0.39 is 10.0 Å². The van der Waals surface area contributed by atoms with Gasteiger partial charge in [0.2, 0.25) is 21.8 Å². The standard InChI is InChI=1S/C13H17N3O4S/c1-10(17)15-11-2-4-12(5-3-11)21(19,20)16-8-6-13(18)14-7-9-16/h2-5H,6-9H2,1H3,(H,14,18)(H,15,17). The van der Waals surface area contributed by atoms with Crippen LogP contribution in [0.25, 0.3) is 0 Å². The summed E-state index contributed by atoms with van der Waals surface area (Å²) in [6.45, 7) is 2.11. The third kappa shape index (κ3) is 3.79. The number of nitrogens with one attached hydrogen (secondary N) is 2. The molecule has 1 saturated heterocycles. The molecule has 1 aromatic rings. The zero-order valence-corrected chi connectivity index (χ0v) is 12.4. The van der Waals surface area contributed by atoms with Gasteiger partial charge in [0.05, 0.1) is 4.90 Å². The quantitative estimate of drug-likeness (QED) is 0.831. The molecule has 0 spiro atoms. The molecule has 0 aliphatic carbocycles. The molecule has 21 heavy (non-hydrogen) atoms. The number of hydrogen-bond donors (Lipinski definition) is 2. The average molecular weight is 311 g/mol. The minimum absolute atomic E-state index is 0.144. The Labute approximate surface area is 123 Å². The van der Waals surface area contributed by atoms with Crippen LogP contribution in [0.1, 0.15) is 13.3 Å². The van der Waals surface area contributed by atoms with Crippen molar-refractivity contribution in [2.45, 2.75) is 18.2 Å². The van der Waals surface area contributed by atoms with E-state index in [1.807, 2.05) is 0 Å². The molecule has 0 bridgehead atoms. The smallest absolute Gasteiger partial charge is 0.243 e. The minimum atomic E-state index is -3.63. The van der Waals surface area contributed by atoms with Gasteiger partial charge in [-0.1, -0.05) is 0 Å². The molecule has 7 nitrogen and oxygen atoms in total. The monoisotopic (exact) mass is 311 g/mol. The van der Waals surface area contributed by atoms with Crippen molar-refractivity contribution in [3.63, 3.8) is 0 Å². The fraction of sp³-hybridized carbons (Fsp3) is 0.385. The van der Waals surface area contributed by atoms with Crippen LogP contribution in [0.2, 0.25) is 0 Å². The molecule has 1 aromatic carbocycles. The first-order valence-corrected chi connectivity index (χ1v) is 7.98. The highest BCUT2D eigenvalue weighted by atomic mass is 32.2. The molecule has 2 N–H and O–H groups in total. The van der Waals surface area contributed by atoms with E-state index in [9.17, 15) is 18.0 Å². The number of carbonyl (C=O) groups is 2. The Morgan fingerprint density at radius 1 is 1.24 bits per heavy atom. The second-order valence-electron chi connectivity index (χ2n) is 4.71. The number of carbonyl (C=O) groups excluding carboxylic acids is 2. The lowest BCUT2D eigenvalue weighted by Gasteiger charge is -2.19. The van der Waals surface area contributed by atoms with Gasteiger partial charge in [0, 0.05) is 38.7 Å². The van der Waals surface area contributed by atoms with Crippen molar-refractivity contribution in [1.82, 2.24) is 9.62 Å². The van der Waals surface area contributed by atoms with Gasteiger partial charge in [-0.15, -0.1) is 0 Å². The summed E-state index contributed by atoms with van der Waals surface area (Å²) in [5.41, 5.74) is 0.536. The Hall–Kier alpha value is -1.93. The number of hydrogen-bond acceptors (Lipinski definition) is 4. The van der Waals surface area contributed by atoms with Gasteiger partial charge in [0.15, 0.2) is 0 Å². The van der Waals surface area contributed by atoms with Crippen LogP contribution >= 0.6 is 0 Å². The first-order chi connectivity index (χ1) is 9.89. The van der Waals surface area contributed by atoms with Gasteiger partial charge in [0.25, 0.3) is 0 Å². The Bertz CT molecular complexity index is 640. The van der Waals surface area contributed by atoms with Crippen LogP contribution in [0.4, 0.5) is 5.69 Å². The molecule has 1 aliphatic rings. The number of rotatable bonds is 3. The van der Waals surface area contributed by atoms with E-state index in [1.54, 1.807) is 0 Å². The van der Waals surface area contributed by atoms with Crippen LogP contribution < -0.4 is 10.6 Å². The van der Waals surface area contributed by atoms with E-state index in [1.165, 1.54) is 35.5 Å². The summed E-state index contributed by atoms with van der Waals surface area (Å²) in [5, 5.41) is 5.21. The number of anilines is 1. The fourth-order valence-electron chi connectivity index (χ4n) is 2.05. The highest BCUT2D eigenvalue weighted by Crippen LogP contribution is 2.19. The molecule has 1 fully saturated rings. The fourth-order valence-corrected chi connectivity index (χ4v) is 3.49. The van der Waals surface area contributed by atoms with Crippen LogP contribution in [-0.4, -0.2) is 44.2 Å². The summed E-state index contributed by atoms with van der Waals surface area (Å²) in [7, 11) is -3.63. The first-order valence-electron chi connectivity index (χ1n) is 6.54. The zero-order chi connectivity index (χ0) is 15.5. The van der Waals surface area contributed by atoms with Crippen molar-refractivity contribution >= 4 is 27.5 Å². The Morgan fingerprint density at radius 3 is 2.52 bits per heavy atom. The van der Waals surface area contributed by atoms with Gasteiger partial charge >= 0.3 is 0 Å². The molecule has 0 unspecified atom stereocenters. The van der Waals surface area contributed by atoms with Gasteiger partial charge in [-0.05, 0) is 24.3 Å². The average Bonchev–Trinajstić information content (AvgIpc) is 2.64. The van der Waals surface area contributed by atoms with Crippen LogP contribution in [0.15, 0.2) is 29.2 Å². The molecule has 2 rings (SSSR count). The molecule has 0 atom stereocenters. The van der Waals surface area contributed by atoms with E-state index in [0.29, 0.717) is 12.2 Å². The molecule has 2 amide bonds. The molecular formula is C13H17N3O4S. The van der Waals surface area contributed by atoms with Crippen molar-refractivity contribution in [3.05, 3.63) is 24.3 Å². The number of nitrogens with zero attached hydrogens (tertiary/aromatic N) is 1.